The summed E-state index contributed by atoms with van der Waals surface area (Å²) in [5.41, 5.74) is 2.84. The molecular formula is C20H27N3O. The Kier molecular flexibility index (Phi) is 4.56. The molecule has 1 atom stereocenters. The number of rotatable bonds is 5. The van der Waals surface area contributed by atoms with Gasteiger partial charge in [0.05, 0.1) is 6.61 Å². The standard InChI is InChI=1S/C20H27N3O/c1-22-11-8-21-20(22)14-17-3-2-9-23(15-17)10-6-16-4-5-19-18(13-16)7-12-24-19/h4-5,8,11,13,17H,2-3,6-7,9-10,12,14-15H2,1H3/t17-/m0/s1. The van der Waals surface area contributed by atoms with E-state index in [0.717, 1.165) is 44.1 Å². The van der Waals surface area contributed by atoms with Gasteiger partial charge in [0.25, 0.3) is 0 Å². The molecule has 2 aliphatic rings. The van der Waals surface area contributed by atoms with Crippen LogP contribution >= 0.6 is 0 Å². The molecule has 2 aliphatic heterocycles. The van der Waals surface area contributed by atoms with Crippen LogP contribution in [0.1, 0.15) is 29.8 Å². The summed E-state index contributed by atoms with van der Waals surface area (Å²) in [6.07, 6.45) is 9.92. The van der Waals surface area contributed by atoms with Gasteiger partial charge < -0.3 is 14.2 Å². The lowest BCUT2D eigenvalue weighted by molar-refractivity contribution is 0.174. The Labute approximate surface area is 144 Å². The van der Waals surface area contributed by atoms with Crippen LogP contribution in [0.15, 0.2) is 30.6 Å². The maximum absolute atomic E-state index is 5.60. The number of ether oxygens (including phenoxy) is 1. The molecule has 3 heterocycles. The highest BCUT2D eigenvalue weighted by atomic mass is 16.5. The van der Waals surface area contributed by atoms with E-state index in [4.69, 9.17) is 4.74 Å². The molecule has 4 nitrogen and oxygen atoms in total. The summed E-state index contributed by atoms with van der Waals surface area (Å²) in [6, 6.07) is 6.73. The number of hydrogen-bond donors (Lipinski definition) is 0. The Morgan fingerprint density at radius 2 is 2.29 bits per heavy atom. The predicted molar refractivity (Wildman–Crippen MR) is 95.4 cm³/mol. The van der Waals surface area contributed by atoms with Gasteiger partial charge in [0.2, 0.25) is 0 Å². The second-order valence-electron chi connectivity index (χ2n) is 7.26. The van der Waals surface area contributed by atoms with Crippen molar-refractivity contribution in [3.8, 4) is 5.75 Å². The minimum Gasteiger partial charge on any atom is -0.493 e. The molecule has 0 saturated carbocycles. The summed E-state index contributed by atoms with van der Waals surface area (Å²) in [5.74, 6) is 3.06. The molecule has 1 fully saturated rings. The van der Waals surface area contributed by atoms with E-state index in [-0.39, 0.29) is 0 Å². The van der Waals surface area contributed by atoms with E-state index >= 15 is 0 Å². The number of benzene rings is 1. The lowest BCUT2D eigenvalue weighted by Crippen LogP contribution is -2.37. The SMILES string of the molecule is Cn1ccnc1C[C@@H]1CCCN(CCc2ccc3c(c2)CCO3)C1. The van der Waals surface area contributed by atoms with Gasteiger partial charge in [-0.05, 0) is 48.9 Å². The van der Waals surface area contributed by atoms with E-state index in [1.165, 1.54) is 42.9 Å². The number of piperidine rings is 1. The van der Waals surface area contributed by atoms with Crippen molar-refractivity contribution in [3.05, 3.63) is 47.5 Å². The minimum absolute atomic E-state index is 0.744. The van der Waals surface area contributed by atoms with Gasteiger partial charge in [-0.3, -0.25) is 0 Å². The molecule has 0 N–H and O–H groups in total. The molecule has 0 amide bonds. The smallest absolute Gasteiger partial charge is 0.122 e. The molecule has 0 unspecified atom stereocenters. The monoisotopic (exact) mass is 325 g/mol. The number of fused-ring (bicyclic) bond motifs is 1. The van der Waals surface area contributed by atoms with Crippen LogP contribution in [0, 0.1) is 5.92 Å². The van der Waals surface area contributed by atoms with Crippen molar-refractivity contribution in [2.24, 2.45) is 13.0 Å². The summed E-state index contributed by atoms with van der Waals surface area (Å²) >= 11 is 0. The van der Waals surface area contributed by atoms with Crippen LogP contribution in [0.3, 0.4) is 0 Å². The molecule has 2 aromatic rings. The lowest BCUT2D eigenvalue weighted by atomic mass is 9.94. The Morgan fingerprint density at radius 1 is 1.33 bits per heavy atom. The molecule has 128 valence electrons. The Hall–Kier alpha value is -1.81. The van der Waals surface area contributed by atoms with Gasteiger partial charge in [0.15, 0.2) is 0 Å². The second-order valence-corrected chi connectivity index (χ2v) is 7.26. The molecule has 4 heteroatoms. The number of aromatic nitrogens is 2. The fraction of sp³-hybridized carbons (Fsp3) is 0.550. The summed E-state index contributed by atoms with van der Waals surface area (Å²) in [4.78, 5) is 7.13. The molecule has 1 aromatic carbocycles. The molecule has 24 heavy (non-hydrogen) atoms. The molecule has 0 spiro atoms. The largest absolute Gasteiger partial charge is 0.493 e. The number of likely N-dealkylation sites (tertiary alicyclic amines) is 1. The van der Waals surface area contributed by atoms with Crippen LogP contribution in [0.2, 0.25) is 0 Å². The predicted octanol–water partition coefficient (Wildman–Crippen LogP) is 2.85. The van der Waals surface area contributed by atoms with E-state index in [1.807, 2.05) is 12.4 Å². The van der Waals surface area contributed by atoms with Crippen molar-refractivity contribution in [3.63, 3.8) is 0 Å². The van der Waals surface area contributed by atoms with E-state index < -0.39 is 0 Å². The summed E-state index contributed by atoms with van der Waals surface area (Å²) in [7, 11) is 2.10. The Morgan fingerprint density at radius 3 is 3.17 bits per heavy atom. The fourth-order valence-electron chi connectivity index (χ4n) is 4.06. The third-order valence-corrected chi connectivity index (χ3v) is 5.47. The van der Waals surface area contributed by atoms with Crippen molar-refractivity contribution in [1.29, 1.82) is 0 Å². The zero-order valence-electron chi connectivity index (χ0n) is 14.6. The topological polar surface area (TPSA) is 30.3 Å². The molecule has 1 saturated heterocycles. The first-order valence-electron chi connectivity index (χ1n) is 9.21. The van der Waals surface area contributed by atoms with Gasteiger partial charge in [0.1, 0.15) is 11.6 Å². The van der Waals surface area contributed by atoms with Crippen molar-refractivity contribution in [1.82, 2.24) is 14.5 Å². The van der Waals surface area contributed by atoms with Crippen LogP contribution in [-0.2, 0) is 26.3 Å². The van der Waals surface area contributed by atoms with Gasteiger partial charge in [-0.2, -0.15) is 0 Å². The van der Waals surface area contributed by atoms with Crippen LogP contribution < -0.4 is 4.74 Å². The van der Waals surface area contributed by atoms with Crippen molar-refractivity contribution in [2.75, 3.05) is 26.2 Å². The van der Waals surface area contributed by atoms with E-state index in [2.05, 4.69) is 39.7 Å². The fourth-order valence-corrected chi connectivity index (χ4v) is 4.06. The van der Waals surface area contributed by atoms with Crippen molar-refractivity contribution >= 4 is 0 Å². The minimum atomic E-state index is 0.744. The second kappa shape index (κ2) is 6.98. The van der Waals surface area contributed by atoms with Gasteiger partial charge in [0, 0.05) is 45.4 Å². The number of hydrogen-bond acceptors (Lipinski definition) is 3. The van der Waals surface area contributed by atoms with Crippen LogP contribution in [0.5, 0.6) is 5.75 Å². The summed E-state index contributed by atoms with van der Waals surface area (Å²) < 4.78 is 7.76. The number of imidazole rings is 1. The average molecular weight is 325 g/mol. The highest BCUT2D eigenvalue weighted by Crippen LogP contribution is 2.26. The number of nitrogens with zero attached hydrogens (tertiary/aromatic N) is 3. The maximum Gasteiger partial charge on any atom is 0.122 e. The summed E-state index contributed by atoms with van der Waals surface area (Å²) in [5, 5.41) is 0. The van der Waals surface area contributed by atoms with E-state index in [1.54, 1.807) is 0 Å². The van der Waals surface area contributed by atoms with Crippen molar-refractivity contribution < 1.29 is 4.74 Å². The van der Waals surface area contributed by atoms with Crippen molar-refractivity contribution in [2.45, 2.75) is 32.1 Å². The van der Waals surface area contributed by atoms with E-state index in [0.29, 0.717) is 0 Å². The first-order chi connectivity index (χ1) is 11.8. The highest BCUT2D eigenvalue weighted by Gasteiger charge is 2.21. The van der Waals surface area contributed by atoms with E-state index in [9.17, 15) is 0 Å². The quantitative estimate of drug-likeness (QED) is 0.847. The first-order valence-corrected chi connectivity index (χ1v) is 9.21. The van der Waals surface area contributed by atoms with Gasteiger partial charge >= 0.3 is 0 Å². The first kappa shape index (κ1) is 15.7. The molecule has 1 aromatic heterocycles. The van der Waals surface area contributed by atoms with Crippen LogP contribution in [0.4, 0.5) is 0 Å². The Bertz CT molecular complexity index is 694. The molecule has 0 radical (unpaired) electrons. The zero-order valence-corrected chi connectivity index (χ0v) is 14.6. The maximum atomic E-state index is 5.60. The molecule has 0 aliphatic carbocycles. The normalized spacial score (nSPS) is 20.8. The zero-order chi connectivity index (χ0) is 16.4. The molecular weight excluding hydrogens is 298 g/mol. The highest BCUT2D eigenvalue weighted by molar-refractivity contribution is 5.39. The average Bonchev–Trinajstić information content (AvgIpc) is 3.22. The van der Waals surface area contributed by atoms with Gasteiger partial charge in [-0.25, -0.2) is 4.98 Å². The van der Waals surface area contributed by atoms with Crippen LogP contribution in [-0.4, -0.2) is 40.7 Å². The molecule has 0 bridgehead atoms. The van der Waals surface area contributed by atoms with Gasteiger partial charge in [-0.1, -0.05) is 12.1 Å². The van der Waals surface area contributed by atoms with Gasteiger partial charge in [-0.15, -0.1) is 0 Å². The number of aryl methyl sites for hydroxylation is 1. The third kappa shape index (κ3) is 3.48. The molecule has 4 rings (SSSR count). The lowest BCUT2D eigenvalue weighted by Gasteiger charge is -2.32. The van der Waals surface area contributed by atoms with Crippen LogP contribution in [0.25, 0.3) is 0 Å². The summed E-state index contributed by atoms with van der Waals surface area (Å²) in [6.45, 7) is 4.46. The Balaban J connectivity index is 1.31. The third-order valence-electron chi connectivity index (χ3n) is 5.47.